The fourth-order valence-electron chi connectivity index (χ4n) is 2.07. The lowest BCUT2D eigenvalue weighted by molar-refractivity contribution is -0.137. The van der Waals surface area contributed by atoms with Crippen LogP contribution in [-0.2, 0) is 11.3 Å². The molecule has 0 saturated heterocycles. The molecule has 0 aliphatic heterocycles. The van der Waals surface area contributed by atoms with Crippen LogP contribution < -0.4 is 0 Å². The molecule has 2 aromatic rings. The summed E-state index contributed by atoms with van der Waals surface area (Å²) in [5.74, 6) is 0.534. The van der Waals surface area contributed by atoms with Crippen molar-refractivity contribution in [1.29, 1.82) is 0 Å². The molecule has 1 aliphatic carbocycles. The first-order valence-corrected chi connectivity index (χ1v) is 6.32. The molecule has 1 fully saturated rings. The predicted octanol–water partition coefficient (Wildman–Crippen LogP) is 2.76. The maximum absolute atomic E-state index is 10.9. The summed E-state index contributed by atoms with van der Waals surface area (Å²) in [5, 5.41) is 8.98. The molecule has 5 heteroatoms. The average molecular weight is 295 g/mol. The third kappa shape index (κ3) is 1.95. The fraction of sp³-hybridized carbons (Fsp3) is 0.333. The van der Waals surface area contributed by atoms with Gasteiger partial charge >= 0.3 is 5.97 Å². The van der Waals surface area contributed by atoms with E-state index in [4.69, 9.17) is 5.11 Å². The van der Waals surface area contributed by atoms with E-state index in [-0.39, 0.29) is 6.54 Å². The Morgan fingerprint density at radius 2 is 2.29 bits per heavy atom. The zero-order chi connectivity index (χ0) is 12.0. The molecule has 0 spiro atoms. The molecule has 88 valence electrons. The van der Waals surface area contributed by atoms with Crippen LogP contribution in [0.15, 0.2) is 22.7 Å². The van der Waals surface area contributed by atoms with Crippen molar-refractivity contribution in [2.45, 2.75) is 25.3 Å². The molecule has 1 aromatic carbocycles. The van der Waals surface area contributed by atoms with E-state index in [1.807, 2.05) is 22.8 Å². The minimum atomic E-state index is -0.828. The third-order valence-corrected chi connectivity index (χ3v) is 3.47. The Balaban J connectivity index is 2.20. The van der Waals surface area contributed by atoms with Crippen molar-refractivity contribution in [3.8, 4) is 0 Å². The van der Waals surface area contributed by atoms with E-state index in [0.29, 0.717) is 5.92 Å². The summed E-state index contributed by atoms with van der Waals surface area (Å²) in [7, 11) is 0. The molecule has 3 rings (SSSR count). The van der Waals surface area contributed by atoms with Crippen molar-refractivity contribution in [3.63, 3.8) is 0 Å². The second-order valence-electron chi connectivity index (χ2n) is 4.36. The standard InChI is InChI=1S/C12H11BrN2O2/c13-8-3-4-9-10(5-8)15(6-11(16)17)12(14-9)7-1-2-7/h3-5,7H,1-2,6H2,(H,16,17). The second kappa shape index (κ2) is 3.84. The second-order valence-corrected chi connectivity index (χ2v) is 5.27. The molecule has 1 aromatic heterocycles. The molecule has 0 atom stereocenters. The molecule has 0 amide bonds. The maximum atomic E-state index is 10.9. The first kappa shape index (κ1) is 10.8. The van der Waals surface area contributed by atoms with Crippen LogP contribution in [0.1, 0.15) is 24.6 Å². The molecule has 1 saturated carbocycles. The SMILES string of the molecule is O=C(O)Cn1c(C2CC2)nc2ccc(Br)cc21. The number of nitrogens with zero attached hydrogens (tertiary/aromatic N) is 2. The van der Waals surface area contributed by atoms with Gasteiger partial charge in [-0.25, -0.2) is 4.98 Å². The van der Waals surface area contributed by atoms with E-state index in [0.717, 1.165) is 34.2 Å². The summed E-state index contributed by atoms with van der Waals surface area (Å²) >= 11 is 3.41. The van der Waals surface area contributed by atoms with E-state index < -0.39 is 5.97 Å². The van der Waals surface area contributed by atoms with Crippen LogP contribution in [0, 0.1) is 0 Å². The molecule has 1 heterocycles. The van der Waals surface area contributed by atoms with Crippen LogP contribution in [-0.4, -0.2) is 20.6 Å². The Labute approximate surface area is 106 Å². The van der Waals surface area contributed by atoms with E-state index in [9.17, 15) is 4.79 Å². The van der Waals surface area contributed by atoms with Gasteiger partial charge in [-0.15, -0.1) is 0 Å². The summed E-state index contributed by atoms with van der Waals surface area (Å²) in [5.41, 5.74) is 1.76. The largest absolute Gasteiger partial charge is 0.480 e. The summed E-state index contributed by atoms with van der Waals surface area (Å²) in [6, 6.07) is 5.78. The number of hydrogen-bond donors (Lipinski definition) is 1. The lowest BCUT2D eigenvalue weighted by Crippen LogP contribution is -2.11. The zero-order valence-corrected chi connectivity index (χ0v) is 10.6. The monoisotopic (exact) mass is 294 g/mol. The summed E-state index contributed by atoms with van der Waals surface area (Å²) < 4.78 is 2.76. The molecule has 1 N–H and O–H groups in total. The van der Waals surface area contributed by atoms with Crippen LogP contribution in [0.3, 0.4) is 0 Å². The first-order valence-electron chi connectivity index (χ1n) is 5.52. The Kier molecular flexibility index (Phi) is 2.43. The smallest absolute Gasteiger partial charge is 0.323 e. The summed E-state index contributed by atoms with van der Waals surface area (Å²) in [6.07, 6.45) is 2.23. The number of carbonyl (C=O) groups is 1. The highest BCUT2D eigenvalue weighted by molar-refractivity contribution is 9.10. The molecule has 0 unspecified atom stereocenters. The quantitative estimate of drug-likeness (QED) is 0.947. The minimum Gasteiger partial charge on any atom is -0.480 e. The van der Waals surface area contributed by atoms with Crippen molar-refractivity contribution >= 4 is 32.9 Å². The van der Waals surface area contributed by atoms with Gasteiger partial charge in [-0.2, -0.15) is 0 Å². The Morgan fingerprint density at radius 1 is 1.53 bits per heavy atom. The van der Waals surface area contributed by atoms with Crippen LogP contribution in [0.4, 0.5) is 0 Å². The predicted molar refractivity (Wildman–Crippen MR) is 67.0 cm³/mol. The van der Waals surface area contributed by atoms with E-state index in [2.05, 4.69) is 20.9 Å². The number of fused-ring (bicyclic) bond motifs is 1. The summed E-state index contributed by atoms with van der Waals surface area (Å²) in [4.78, 5) is 15.5. The maximum Gasteiger partial charge on any atom is 0.323 e. The van der Waals surface area contributed by atoms with Crippen molar-refractivity contribution in [2.75, 3.05) is 0 Å². The molecule has 0 bridgehead atoms. The van der Waals surface area contributed by atoms with Gasteiger partial charge in [0, 0.05) is 10.4 Å². The normalized spacial score (nSPS) is 15.4. The van der Waals surface area contributed by atoms with E-state index in [1.54, 1.807) is 0 Å². The van der Waals surface area contributed by atoms with Crippen LogP contribution in [0.25, 0.3) is 11.0 Å². The van der Waals surface area contributed by atoms with Gasteiger partial charge < -0.3 is 9.67 Å². The van der Waals surface area contributed by atoms with Gasteiger partial charge in [0.15, 0.2) is 0 Å². The Hall–Kier alpha value is -1.36. The van der Waals surface area contributed by atoms with Crippen LogP contribution in [0.2, 0.25) is 0 Å². The highest BCUT2D eigenvalue weighted by atomic mass is 79.9. The lowest BCUT2D eigenvalue weighted by atomic mass is 10.3. The number of aromatic nitrogens is 2. The number of carboxylic acids is 1. The number of halogens is 1. The van der Waals surface area contributed by atoms with Gasteiger partial charge in [0.25, 0.3) is 0 Å². The molecular formula is C12H11BrN2O2. The first-order chi connectivity index (χ1) is 8.15. The number of hydrogen-bond acceptors (Lipinski definition) is 2. The minimum absolute atomic E-state index is 0.0151. The van der Waals surface area contributed by atoms with Crippen molar-refractivity contribution in [3.05, 3.63) is 28.5 Å². The van der Waals surface area contributed by atoms with Crippen LogP contribution >= 0.6 is 15.9 Å². The third-order valence-electron chi connectivity index (χ3n) is 2.98. The van der Waals surface area contributed by atoms with Crippen molar-refractivity contribution in [2.24, 2.45) is 0 Å². The Morgan fingerprint density at radius 3 is 2.94 bits per heavy atom. The molecule has 17 heavy (non-hydrogen) atoms. The molecule has 4 nitrogen and oxygen atoms in total. The highest BCUT2D eigenvalue weighted by Crippen LogP contribution is 2.40. The topological polar surface area (TPSA) is 55.1 Å². The van der Waals surface area contributed by atoms with Crippen LogP contribution in [0.5, 0.6) is 0 Å². The van der Waals surface area contributed by atoms with Gasteiger partial charge in [0.05, 0.1) is 11.0 Å². The van der Waals surface area contributed by atoms with Gasteiger partial charge in [-0.05, 0) is 31.0 Å². The number of rotatable bonds is 3. The van der Waals surface area contributed by atoms with Crippen molar-refractivity contribution in [1.82, 2.24) is 9.55 Å². The van der Waals surface area contributed by atoms with Crippen molar-refractivity contribution < 1.29 is 9.90 Å². The Bertz CT molecular complexity index is 602. The number of benzene rings is 1. The van der Waals surface area contributed by atoms with E-state index >= 15 is 0 Å². The van der Waals surface area contributed by atoms with Gasteiger partial charge in [-0.3, -0.25) is 4.79 Å². The molecule has 1 aliphatic rings. The van der Waals surface area contributed by atoms with Gasteiger partial charge in [0.2, 0.25) is 0 Å². The zero-order valence-electron chi connectivity index (χ0n) is 9.06. The molecular weight excluding hydrogens is 284 g/mol. The lowest BCUT2D eigenvalue weighted by Gasteiger charge is -2.04. The molecule has 0 radical (unpaired) electrons. The fourth-order valence-corrected chi connectivity index (χ4v) is 2.42. The van der Waals surface area contributed by atoms with Gasteiger partial charge in [-0.1, -0.05) is 15.9 Å². The number of aliphatic carboxylic acids is 1. The number of carboxylic acid groups (broad SMARTS) is 1. The van der Waals surface area contributed by atoms with Gasteiger partial charge in [0.1, 0.15) is 12.4 Å². The number of imidazole rings is 1. The average Bonchev–Trinajstić information content (AvgIpc) is 3.04. The van der Waals surface area contributed by atoms with E-state index in [1.165, 1.54) is 0 Å². The summed E-state index contributed by atoms with van der Waals surface area (Å²) in [6.45, 7) is -0.0151. The highest BCUT2D eigenvalue weighted by Gasteiger charge is 2.30.